The molecule has 2 saturated heterocycles. The minimum absolute atomic E-state index is 0.0317. The lowest BCUT2D eigenvalue weighted by atomic mass is 10.1. The van der Waals surface area contributed by atoms with E-state index in [-0.39, 0.29) is 35.8 Å². The number of aliphatic hydroxyl groups is 3. The monoisotopic (exact) mass is 750 g/mol. The number of nitrogens with one attached hydrogen (secondary N) is 1. The Hall–Kier alpha value is -4.24. The minimum Gasteiger partial charge on any atom is -0.494 e. The number of amides is 3. The van der Waals surface area contributed by atoms with E-state index in [9.17, 15) is 29.7 Å². The average Bonchev–Trinajstić information content (AvgIpc) is 3.60. The molecule has 0 aliphatic carbocycles. The molecule has 2 fully saturated rings. The smallest absolute Gasteiger partial charge is 0.293 e. The molecule has 2 aliphatic heterocycles. The lowest BCUT2D eigenvalue weighted by molar-refractivity contribution is -0.121. The first kappa shape index (κ1) is 36.5. The largest absolute Gasteiger partial charge is 0.494 e. The van der Waals surface area contributed by atoms with Crippen LogP contribution in [0.15, 0.2) is 91.0 Å². The number of halogens is 1. The quantitative estimate of drug-likeness (QED) is 0.130. The molecule has 6 rings (SSSR count). The third-order valence-electron chi connectivity index (χ3n) is 8.34. The summed E-state index contributed by atoms with van der Waals surface area (Å²) in [5.41, 5.74) is 2.03. The topological polar surface area (TPSA) is 155 Å². The molecule has 266 valence electrons. The SMILES string of the molecule is COc1c([C@H](O)COc2ccc(CC3SC(O)NC3=O)cc2)cccc1N1C(=O)SC(Cc2ccc(OC[C@@H](O)c3cccc(Cl)c3)cc2)C1=O. The molecule has 0 aromatic heterocycles. The van der Waals surface area contributed by atoms with Gasteiger partial charge in [-0.25, -0.2) is 4.90 Å². The van der Waals surface area contributed by atoms with E-state index in [2.05, 4.69) is 5.32 Å². The van der Waals surface area contributed by atoms with Gasteiger partial charge in [0.2, 0.25) is 11.8 Å². The van der Waals surface area contributed by atoms with Gasteiger partial charge in [-0.2, -0.15) is 0 Å². The molecule has 14 heteroatoms. The molecule has 4 N–H and O–H groups in total. The third kappa shape index (κ3) is 8.80. The molecule has 0 bridgehead atoms. The van der Waals surface area contributed by atoms with E-state index in [0.29, 0.717) is 40.5 Å². The second-order valence-corrected chi connectivity index (χ2v) is 14.7. The van der Waals surface area contributed by atoms with Crippen LogP contribution in [0.2, 0.25) is 5.02 Å². The summed E-state index contributed by atoms with van der Waals surface area (Å²) in [5.74, 6) is 0.608. The molecule has 51 heavy (non-hydrogen) atoms. The summed E-state index contributed by atoms with van der Waals surface area (Å²) >= 11 is 8.10. The number of carbonyl (C=O) groups excluding carboxylic acids is 3. The van der Waals surface area contributed by atoms with Crippen LogP contribution in [0.25, 0.3) is 0 Å². The number of rotatable bonds is 14. The number of carbonyl (C=O) groups is 3. The first-order chi connectivity index (χ1) is 24.6. The summed E-state index contributed by atoms with van der Waals surface area (Å²) in [6, 6.07) is 26.0. The Kier molecular flexibility index (Phi) is 11.8. The van der Waals surface area contributed by atoms with E-state index >= 15 is 0 Å². The molecule has 4 aromatic rings. The summed E-state index contributed by atoms with van der Waals surface area (Å²) in [4.78, 5) is 39.8. The predicted molar refractivity (Wildman–Crippen MR) is 195 cm³/mol. The lowest BCUT2D eigenvalue weighted by Gasteiger charge is -2.22. The number of hydrogen-bond donors (Lipinski definition) is 4. The zero-order valence-corrected chi connectivity index (χ0v) is 29.7. The van der Waals surface area contributed by atoms with E-state index in [1.54, 1.807) is 66.7 Å². The highest BCUT2D eigenvalue weighted by atomic mass is 35.5. The third-order valence-corrected chi connectivity index (χ3v) is 10.7. The van der Waals surface area contributed by atoms with Gasteiger partial charge >= 0.3 is 0 Å². The molecule has 0 radical (unpaired) electrons. The fourth-order valence-corrected chi connectivity index (χ4v) is 7.93. The summed E-state index contributed by atoms with van der Waals surface area (Å²) in [6.45, 7) is -0.102. The zero-order chi connectivity index (χ0) is 36.1. The first-order valence-electron chi connectivity index (χ1n) is 16.0. The molecule has 2 aliphatic rings. The Morgan fingerprint density at radius 2 is 1.43 bits per heavy atom. The molecule has 3 amide bonds. The van der Waals surface area contributed by atoms with Crippen molar-refractivity contribution in [3.63, 3.8) is 0 Å². The van der Waals surface area contributed by atoms with E-state index in [0.717, 1.165) is 39.6 Å². The van der Waals surface area contributed by atoms with Gasteiger partial charge in [-0.1, -0.05) is 83.7 Å². The minimum atomic E-state index is -1.15. The number of nitrogens with zero attached hydrogens (tertiary/aromatic N) is 1. The summed E-state index contributed by atoms with van der Waals surface area (Å²) in [7, 11) is 1.41. The van der Waals surface area contributed by atoms with Crippen LogP contribution in [0.4, 0.5) is 10.5 Å². The van der Waals surface area contributed by atoms with Crippen molar-refractivity contribution in [2.75, 3.05) is 25.2 Å². The van der Waals surface area contributed by atoms with Crippen LogP contribution in [-0.4, -0.2) is 68.8 Å². The van der Waals surface area contributed by atoms with Gasteiger partial charge in [0.15, 0.2) is 5.56 Å². The number of methoxy groups -OCH3 is 1. The number of anilines is 1. The molecule has 2 heterocycles. The first-order valence-corrected chi connectivity index (χ1v) is 18.2. The molecule has 11 nitrogen and oxygen atoms in total. The van der Waals surface area contributed by atoms with Crippen molar-refractivity contribution >= 4 is 57.9 Å². The number of imide groups is 1. The number of benzene rings is 4. The Bertz CT molecular complexity index is 1880. The molecule has 0 saturated carbocycles. The highest BCUT2D eigenvalue weighted by Crippen LogP contribution is 2.41. The number of aliphatic hydroxyl groups excluding tert-OH is 3. The Morgan fingerprint density at radius 1 is 0.824 bits per heavy atom. The summed E-state index contributed by atoms with van der Waals surface area (Å²) < 4.78 is 17.2. The fraction of sp³-hybridized carbons (Fsp3) is 0.270. The van der Waals surface area contributed by atoms with Crippen molar-refractivity contribution < 1.29 is 43.9 Å². The van der Waals surface area contributed by atoms with Crippen LogP contribution >= 0.6 is 35.1 Å². The van der Waals surface area contributed by atoms with Crippen molar-refractivity contribution in [3.05, 3.63) is 118 Å². The summed E-state index contributed by atoms with van der Waals surface area (Å²) in [5, 5.41) is 32.6. The Morgan fingerprint density at radius 3 is 2.02 bits per heavy atom. The van der Waals surface area contributed by atoms with Gasteiger partial charge in [-0.05, 0) is 72.0 Å². The van der Waals surface area contributed by atoms with E-state index in [4.69, 9.17) is 25.8 Å². The van der Waals surface area contributed by atoms with Gasteiger partial charge in [0.25, 0.3) is 5.24 Å². The van der Waals surface area contributed by atoms with Crippen molar-refractivity contribution in [1.29, 1.82) is 0 Å². The van der Waals surface area contributed by atoms with Crippen molar-refractivity contribution in [3.8, 4) is 17.2 Å². The van der Waals surface area contributed by atoms with E-state index < -0.39 is 34.2 Å². The molecular formula is C37H35ClN2O9S2. The van der Waals surface area contributed by atoms with Crippen LogP contribution < -0.4 is 24.4 Å². The number of para-hydroxylation sites is 1. The van der Waals surface area contributed by atoms with Crippen LogP contribution in [0.1, 0.15) is 34.5 Å². The standard InChI is InChI=1S/C37H35ClN2O9S2/c1-47-33-27(30(42)20-49-26-12-8-21(9-13-26)16-31-34(43)39-36(45)50-31)6-3-7-28(33)40-35(44)32(51-37(40)46)17-22-10-14-25(15-11-22)48-19-29(41)23-4-2-5-24(38)18-23/h2-15,18,29-32,36,41-42,45H,16-17,19-20H2,1H3,(H,39,43)/t29-,30-,31?,32?,36?/m1/s1. The molecule has 4 aromatic carbocycles. The average molecular weight is 751 g/mol. The van der Waals surface area contributed by atoms with Crippen LogP contribution in [0.5, 0.6) is 17.2 Å². The summed E-state index contributed by atoms with van der Waals surface area (Å²) in [6.07, 6.45) is -1.26. The van der Waals surface area contributed by atoms with Crippen LogP contribution in [0.3, 0.4) is 0 Å². The maximum absolute atomic E-state index is 13.6. The highest BCUT2D eigenvalue weighted by molar-refractivity contribution is 8.15. The van der Waals surface area contributed by atoms with Crippen LogP contribution in [-0.2, 0) is 22.4 Å². The maximum atomic E-state index is 13.6. The van der Waals surface area contributed by atoms with Crippen molar-refractivity contribution in [2.24, 2.45) is 0 Å². The van der Waals surface area contributed by atoms with Gasteiger partial charge in [0.1, 0.15) is 42.7 Å². The normalized spacial score (nSPS) is 19.9. The van der Waals surface area contributed by atoms with Crippen molar-refractivity contribution in [1.82, 2.24) is 5.32 Å². The van der Waals surface area contributed by atoms with Gasteiger partial charge < -0.3 is 34.8 Å². The highest BCUT2D eigenvalue weighted by Gasteiger charge is 2.42. The van der Waals surface area contributed by atoms with Crippen LogP contribution in [0, 0.1) is 0 Å². The fourth-order valence-electron chi connectivity index (χ4n) is 5.74. The molecule has 0 spiro atoms. The molecule has 5 atom stereocenters. The molecule has 3 unspecified atom stereocenters. The Labute approximate surface area is 307 Å². The van der Waals surface area contributed by atoms with Gasteiger partial charge in [0.05, 0.1) is 23.3 Å². The van der Waals surface area contributed by atoms with E-state index in [1.807, 2.05) is 24.3 Å². The lowest BCUT2D eigenvalue weighted by Crippen LogP contribution is -2.32. The predicted octanol–water partition coefficient (Wildman–Crippen LogP) is 5.43. The molecular weight excluding hydrogens is 716 g/mol. The number of thioether (sulfide) groups is 2. The second-order valence-electron chi connectivity index (χ2n) is 11.8. The van der Waals surface area contributed by atoms with Gasteiger partial charge in [-0.15, -0.1) is 0 Å². The zero-order valence-electron chi connectivity index (χ0n) is 27.3. The number of ether oxygens (including phenoxy) is 3. The van der Waals surface area contributed by atoms with E-state index in [1.165, 1.54) is 7.11 Å². The van der Waals surface area contributed by atoms with Gasteiger partial charge in [-0.3, -0.25) is 14.4 Å². The maximum Gasteiger partial charge on any atom is 0.293 e. The second kappa shape index (κ2) is 16.4. The number of hydrogen-bond acceptors (Lipinski definition) is 11. The Balaban J connectivity index is 1.05. The van der Waals surface area contributed by atoms with Gasteiger partial charge in [0, 0.05) is 10.6 Å². The van der Waals surface area contributed by atoms with Crippen molar-refractivity contribution in [2.45, 2.75) is 41.1 Å².